The van der Waals surface area contributed by atoms with Crippen LogP contribution >= 0.6 is 0 Å². The fourth-order valence-corrected chi connectivity index (χ4v) is 1.74. The van der Waals surface area contributed by atoms with Crippen molar-refractivity contribution >= 4 is 0 Å². The molecular formula is C11H20O2. The van der Waals surface area contributed by atoms with E-state index in [0.717, 1.165) is 12.5 Å². The van der Waals surface area contributed by atoms with Crippen LogP contribution in [0.25, 0.3) is 0 Å². The summed E-state index contributed by atoms with van der Waals surface area (Å²) in [4.78, 5) is 9.97. The van der Waals surface area contributed by atoms with Gasteiger partial charge in [0, 0.05) is 0 Å². The number of rotatable bonds is 5. The molecule has 0 radical (unpaired) electrons. The lowest BCUT2D eigenvalue weighted by Crippen LogP contribution is -2.17. The second-order valence-corrected chi connectivity index (χ2v) is 3.98. The van der Waals surface area contributed by atoms with Gasteiger partial charge in [-0.25, -0.2) is 9.78 Å². The van der Waals surface area contributed by atoms with Crippen molar-refractivity contribution < 1.29 is 9.78 Å². The first-order valence-corrected chi connectivity index (χ1v) is 5.18. The van der Waals surface area contributed by atoms with E-state index in [0.29, 0.717) is 12.5 Å². The lowest BCUT2D eigenvalue weighted by atomic mass is 9.83. The highest BCUT2D eigenvalue weighted by Crippen LogP contribution is 2.28. The van der Waals surface area contributed by atoms with Crippen LogP contribution in [-0.2, 0) is 9.78 Å². The molecule has 0 N–H and O–H groups in total. The summed E-state index contributed by atoms with van der Waals surface area (Å²) in [6.07, 6.45) is 6.96. The van der Waals surface area contributed by atoms with Crippen molar-refractivity contribution in [2.24, 2.45) is 11.8 Å². The molecule has 0 heterocycles. The average Bonchev–Trinajstić information content (AvgIpc) is 2.15. The Bertz CT molecular complexity index is 137. The summed E-state index contributed by atoms with van der Waals surface area (Å²) in [6, 6.07) is 0. The molecule has 0 atom stereocenters. The predicted molar refractivity (Wildman–Crippen MR) is 53.2 cm³/mol. The Morgan fingerprint density at radius 1 is 1.23 bits per heavy atom. The van der Waals surface area contributed by atoms with Crippen LogP contribution in [0.4, 0.5) is 0 Å². The summed E-state index contributed by atoms with van der Waals surface area (Å²) in [7, 11) is 0. The second-order valence-electron chi connectivity index (χ2n) is 3.98. The SMILES string of the molecule is C=CCOOCC1CCC(C)CC1. The maximum Gasteiger partial charge on any atom is 0.100 e. The Morgan fingerprint density at radius 2 is 1.92 bits per heavy atom. The number of hydrogen-bond donors (Lipinski definition) is 0. The quantitative estimate of drug-likeness (QED) is 0.283. The maximum atomic E-state index is 5.08. The van der Waals surface area contributed by atoms with Gasteiger partial charge in [-0.2, -0.15) is 0 Å². The van der Waals surface area contributed by atoms with Crippen LogP contribution in [0.15, 0.2) is 12.7 Å². The third-order valence-corrected chi connectivity index (χ3v) is 2.71. The molecule has 0 unspecified atom stereocenters. The fraction of sp³-hybridized carbons (Fsp3) is 0.818. The van der Waals surface area contributed by atoms with Gasteiger partial charge in [-0.15, -0.1) is 6.58 Å². The number of hydrogen-bond acceptors (Lipinski definition) is 2. The van der Waals surface area contributed by atoms with Crippen molar-refractivity contribution in [2.45, 2.75) is 32.6 Å². The van der Waals surface area contributed by atoms with Gasteiger partial charge in [0.15, 0.2) is 0 Å². The van der Waals surface area contributed by atoms with Gasteiger partial charge in [0.1, 0.15) is 6.61 Å². The van der Waals surface area contributed by atoms with E-state index in [1.807, 2.05) is 0 Å². The van der Waals surface area contributed by atoms with Crippen LogP contribution < -0.4 is 0 Å². The summed E-state index contributed by atoms with van der Waals surface area (Å²) in [5.41, 5.74) is 0. The monoisotopic (exact) mass is 184 g/mol. The molecule has 13 heavy (non-hydrogen) atoms. The molecule has 0 saturated heterocycles. The third-order valence-electron chi connectivity index (χ3n) is 2.71. The van der Waals surface area contributed by atoms with Crippen LogP contribution in [0.1, 0.15) is 32.6 Å². The summed E-state index contributed by atoms with van der Waals surface area (Å²) < 4.78 is 0. The normalized spacial score (nSPS) is 28.7. The van der Waals surface area contributed by atoms with Gasteiger partial charge < -0.3 is 0 Å². The van der Waals surface area contributed by atoms with E-state index >= 15 is 0 Å². The first-order chi connectivity index (χ1) is 6.33. The van der Waals surface area contributed by atoms with Crippen LogP contribution in [0.3, 0.4) is 0 Å². The van der Waals surface area contributed by atoms with E-state index in [1.54, 1.807) is 6.08 Å². The van der Waals surface area contributed by atoms with Gasteiger partial charge >= 0.3 is 0 Å². The van der Waals surface area contributed by atoms with Gasteiger partial charge in [0.2, 0.25) is 0 Å². The highest BCUT2D eigenvalue weighted by molar-refractivity contribution is 4.69. The largest absolute Gasteiger partial charge is 0.236 e. The molecule has 2 heteroatoms. The minimum absolute atomic E-state index is 0.489. The standard InChI is InChI=1S/C11H20O2/c1-3-8-12-13-9-11-6-4-10(2)5-7-11/h3,10-11H,1,4-9H2,2H3. The Hall–Kier alpha value is -0.340. The molecule has 1 aliphatic rings. The van der Waals surface area contributed by atoms with Gasteiger partial charge in [0.25, 0.3) is 0 Å². The topological polar surface area (TPSA) is 18.5 Å². The molecule has 0 aromatic rings. The Labute approximate surface area is 80.8 Å². The lowest BCUT2D eigenvalue weighted by molar-refractivity contribution is -0.294. The van der Waals surface area contributed by atoms with Crippen molar-refractivity contribution in [1.29, 1.82) is 0 Å². The molecule has 1 fully saturated rings. The van der Waals surface area contributed by atoms with Gasteiger partial charge in [-0.3, -0.25) is 0 Å². The molecular weight excluding hydrogens is 164 g/mol. The average molecular weight is 184 g/mol. The van der Waals surface area contributed by atoms with Crippen LogP contribution in [0.5, 0.6) is 0 Å². The Kier molecular flexibility index (Phi) is 5.09. The third kappa shape index (κ3) is 4.44. The lowest BCUT2D eigenvalue weighted by Gasteiger charge is -2.25. The minimum Gasteiger partial charge on any atom is -0.236 e. The van der Waals surface area contributed by atoms with E-state index in [4.69, 9.17) is 9.78 Å². The zero-order valence-corrected chi connectivity index (χ0v) is 8.50. The summed E-state index contributed by atoms with van der Waals surface area (Å²) >= 11 is 0. The van der Waals surface area contributed by atoms with Crippen molar-refractivity contribution in [1.82, 2.24) is 0 Å². The van der Waals surface area contributed by atoms with E-state index in [1.165, 1.54) is 25.7 Å². The van der Waals surface area contributed by atoms with E-state index in [-0.39, 0.29) is 0 Å². The smallest absolute Gasteiger partial charge is 0.100 e. The molecule has 0 spiro atoms. The molecule has 2 nitrogen and oxygen atoms in total. The van der Waals surface area contributed by atoms with Gasteiger partial charge in [0.05, 0.1) is 6.61 Å². The predicted octanol–water partition coefficient (Wildman–Crippen LogP) is 2.95. The van der Waals surface area contributed by atoms with Crippen molar-refractivity contribution in [2.75, 3.05) is 13.2 Å². The van der Waals surface area contributed by atoms with Gasteiger partial charge in [-0.05, 0) is 24.7 Å². The minimum atomic E-state index is 0.489. The summed E-state index contributed by atoms with van der Waals surface area (Å²) in [6.45, 7) is 7.11. The molecule has 0 bridgehead atoms. The molecule has 0 amide bonds. The molecule has 1 saturated carbocycles. The first kappa shape index (κ1) is 10.7. The van der Waals surface area contributed by atoms with Crippen molar-refractivity contribution in [3.05, 3.63) is 12.7 Å². The maximum absolute atomic E-state index is 5.08. The molecule has 0 aromatic carbocycles. The Balaban J connectivity index is 1.99. The molecule has 0 aliphatic heterocycles. The van der Waals surface area contributed by atoms with E-state index in [2.05, 4.69) is 13.5 Å². The van der Waals surface area contributed by atoms with Crippen LogP contribution in [-0.4, -0.2) is 13.2 Å². The van der Waals surface area contributed by atoms with Gasteiger partial charge in [-0.1, -0.05) is 25.8 Å². The fourth-order valence-electron chi connectivity index (χ4n) is 1.74. The summed E-state index contributed by atoms with van der Waals surface area (Å²) in [5, 5.41) is 0. The van der Waals surface area contributed by atoms with Crippen molar-refractivity contribution in [3.8, 4) is 0 Å². The molecule has 1 aliphatic carbocycles. The highest BCUT2D eigenvalue weighted by Gasteiger charge is 2.18. The van der Waals surface area contributed by atoms with Crippen molar-refractivity contribution in [3.63, 3.8) is 0 Å². The highest BCUT2D eigenvalue weighted by atomic mass is 17.2. The van der Waals surface area contributed by atoms with E-state index in [9.17, 15) is 0 Å². The Morgan fingerprint density at radius 3 is 2.54 bits per heavy atom. The first-order valence-electron chi connectivity index (χ1n) is 5.18. The molecule has 1 rings (SSSR count). The zero-order chi connectivity index (χ0) is 9.52. The van der Waals surface area contributed by atoms with Crippen LogP contribution in [0, 0.1) is 11.8 Å². The second kappa shape index (κ2) is 6.17. The van der Waals surface area contributed by atoms with Crippen LogP contribution in [0.2, 0.25) is 0 Å². The molecule has 0 aromatic heterocycles. The van der Waals surface area contributed by atoms with E-state index < -0.39 is 0 Å². The molecule has 76 valence electrons. The zero-order valence-electron chi connectivity index (χ0n) is 8.50. The summed E-state index contributed by atoms with van der Waals surface area (Å²) in [5.74, 6) is 1.62.